The lowest BCUT2D eigenvalue weighted by atomic mass is 9.97. The first-order chi connectivity index (χ1) is 14.2. The normalized spacial score (nSPS) is 21.4. The molecule has 2 aliphatic rings. The van der Waals surface area contributed by atoms with Gasteiger partial charge >= 0.3 is 0 Å². The number of carbonyl (C=O) groups is 1. The predicted molar refractivity (Wildman–Crippen MR) is 108 cm³/mol. The molecule has 1 fully saturated rings. The molecular weight excluding hydrogens is 371 g/mol. The van der Waals surface area contributed by atoms with Crippen LogP contribution in [-0.4, -0.2) is 42.3 Å². The number of carbonyl (C=O) groups excluding carboxylic acids is 1. The molecule has 0 saturated carbocycles. The molecule has 0 radical (unpaired) electrons. The summed E-state index contributed by atoms with van der Waals surface area (Å²) in [6.45, 7) is 1.70. The summed E-state index contributed by atoms with van der Waals surface area (Å²) in [7, 11) is 0. The largest absolute Gasteiger partial charge is 0.490 e. The van der Waals surface area contributed by atoms with Crippen LogP contribution in [0.15, 0.2) is 59.8 Å². The highest BCUT2D eigenvalue weighted by Crippen LogP contribution is 2.23. The molecule has 4 rings (SSSR count). The fourth-order valence-electron chi connectivity index (χ4n) is 3.87. The Bertz CT molecular complexity index is 871. The number of para-hydroxylation sites is 1. The van der Waals surface area contributed by atoms with Crippen LogP contribution in [0.2, 0.25) is 0 Å². The Kier molecular flexibility index (Phi) is 6.08. The maximum atomic E-state index is 13.7. The lowest BCUT2D eigenvalue weighted by Crippen LogP contribution is -2.46. The number of nitrogens with zero attached hydrogens (tertiary/aromatic N) is 2. The van der Waals surface area contributed by atoms with Crippen LogP contribution in [0.3, 0.4) is 0 Å². The van der Waals surface area contributed by atoms with Gasteiger partial charge in [0.25, 0.3) is 5.91 Å². The molecule has 0 spiro atoms. The van der Waals surface area contributed by atoms with Crippen molar-refractivity contribution in [3.8, 4) is 5.75 Å². The van der Waals surface area contributed by atoms with E-state index in [0.29, 0.717) is 32.5 Å². The second-order valence-corrected chi connectivity index (χ2v) is 7.65. The number of hydrogen-bond acceptors (Lipinski definition) is 4. The van der Waals surface area contributed by atoms with Crippen LogP contribution in [0, 0.1) is 11.7 Å². The van der Waals surface area contributed by atoms with Crippen LogP contribution in [0.1, 0.15) is 24.8 Å². The van der Waals surface area contributed by atoms with E-state index in [9.17, 15) is 9.18 Å². The first kappa shape index (κ1) is 19.4. The monoisotopic (exact) mass is 396 g/mol. The fourth-order valence-corrected chi connectivity index (χ4v) is 3.87. The van der Waals surface area contributed by atoms with Crippen molar-refractivity contribution in [2.75, 3.05) is 19.7 Å². The zero-order valence-corrected chi connectivity index (χ0v) is 16.3. The predicted octanol–water partition coefficient (Wildman–Crippen LogP) is 3.83. The van der Waals surface area contributed by atoms with Gasteiger partial charge < -0.3 is 14.5 Å². The van der Waals surface area contributed by atoms with Crippen LogP contribution in [0.25, 0.3) is 0 Å². The van der Waals surface area contributed by atoms with Gasteiger partial charge in [0.2, 0.25) is 6.10 Å². The Labute approximate surface area is 170 Å². The van der Waals surface area contributed by atoms with Gasteiger partial charge in [0, 0.05) is 31.8 Å². The Morgan fingerprint density at radius 2 is 1.97 bits per heavy atom. The number of likely N-dealkylation sites (tertiary alicyclic amines) is 1. The average molecular weight is 396 g/mol. The molecule has 1 saturated heterocycles. The second-order valence-electron chi connectivity index (χ2n) is 7.65. The lowest BCUT2D eigenvalue weighted by molar-refractivity contribution is -0.144. The van der Waals surface area contributed by atoms with E-state index in [-0.39, 0.29) is 23.4 Å². The third kappa shape index (κ3) is 4.94. The number of hydrogen-bond donors (Lipinski definition) is 0. The van der Waals surface area contributed by atoms with E-state index in [1.54, 1.807) is 18.2 Å². The van der Waals surface area contributed by atoms with Crippen molar-refractivity contribution in [3.63, 3.8) is 0 Å². The quantitative estimate of drug-likeness (QED) is 0.746. The van der Waals surface area contributed by atoms with E-state index < -0.39 is 6.10 Å². The molecular formula is C23H25FN2O3. The van der Waals surface area contributed by atoms with E-state index in [4.69, 9.17) is 9.57 Å². The summed E-state index contributed by atoms with van der Waals surface area (Å²) < 4.78 is 19.4. The molecule has 2 aliphatic heterocycles. The zero-order valence-electron chi connectivity index (χ0n) is 16.3. The molecule has 6 heteroatoms. The second kappa shape index (κ2) is 9.07. The molecule has 2 aromatic carbocycles. The average Bonchev–Trinajstić information content (AvgIpc) is 3.22. The summed E-state index contributed by atoms with van der Waals surface area (Å²) in [6, 6.07) is 16.4. The van der Waals surface area contributed by atoms with Gasteiger partial charge in [0.05, 0.1) is 12.3 Å². The topological polar surface area (TPSA) is 51.1 Å². The SMILES string of the molecule is O=C([C@H]1CC(Cc2ccccc2)=NO1)N1CCC[C@H](COc2ccccc2F)C1. The van der Waals surface area contributed by atoms with Crippen LogP contribution >= 0.6 is 0 Å². The molecule has 2 atom stereocenters. The van der Waals surface area contributed by atoms with Crippen molar-refractivity contribution in [2.45, 2.75) is 31.8 Å². The molecule has 2 heterocycles. The Hall–Kier alpha value is -2.89. The highest BCUT2D eigenvalue weighted by molar-refractivity contribution is 5.94. The van der Waals surface area contributed by atoms with Crippen molar-refractivity contribution >= 4 is 11.6 Å². The van der Waals surface area contributed by atoms with Crippen LogP contribution < -0.4 is 4.74 Å². The minimum atomic E-state index is -0.542. The van der Waals surface area contributed by atoms with Gasteiger partial charge in [-0.25, -0.2) is 4.39 Å². The molecule has 0 aromatic heterocycles. The molecule has 2 aromatic rings. The molecule has 0 aliphatic carbocycles. The van der Waals surface area contributed by atoms with Crippen LogP contribution in [0.5, 0.6) is 5.75 Å². The van der Waals surface area contributed by atoms with Gasteiger partial charge in [-0.15, -0.1) is 0 Å². The third-order valence-corrected chi connectivity index (χ3v) is 5.40. The smallest absolute Gasteiger partial charge is 0.266 e. The Balaban J connectivity index is 1.27. The van der Waals surface area contributed by atoms with Crippen molar-refractivity contribution in [1.29, 1.82) is 0 Å². The maximum Gasteiger partial charge on any atom is 0.266 e. The summed E-state index contributed by atoms with van der Waals surface area (Å²) in [6.07, 6.45) is 2.55. The first-order valence-electron chi connectivity index (χ1n) is 10.1. The van der Waals surface area contributed by atoms with Gasteiger partial charge in [0.15, 0.2) is 11.6 Å². The van der Waals surface area contributed by atoms with Crippen LogP contribution in [0.4, 0.5) is 4.39 Å². The van der Waals surface area contributed by atoms with E-state index >= 15 is 0 Å². The molecule has 0 unspecified atom stereocenters. The maximum absolute atomic E-state index is 13.7. The number of oxime groups is 1. The summed E-state index contributed by atoms with van der Waals surface area (Å²) >= 11 is 0. The van der Waals surface area contributed by atoms with E-state index in [1.165, 1.54) is 6.07 Å². The molecule has 1 amide bonds. The van der Waals surface area contributed by atoms with Crippen LogP contribution in [-0.2, 0) is 16.1 Å². The van der Waals surface area contributed by atoms with Crippen molar-refractivity contribution in [3.05, 3.63) is 66.0 Å². The molecule has 29 heavy (non-hydrogen) atoms. The summed E-state index contributed by atoms with van der Waals surface area (Å²) in [5.41, 5.74) is 2.05. The van der Waals surface area contributed by atoms with Crippen molar-refractivity contribution < 1.29 is 18.8 Å². The van der Waals surface area contributed by atoms with E-state index in [0.717, 1.165) is 24.1 Å². The summed E-state index contributed by atoms with van der Waals surface area (Å²) in [5.74, 6) is 0.0542. The van der Waals surface area contributed by atoms with Gasteiger partial charge in [0.1, 0.15) is 0 Å². The standard InChI is InChI=1S/C23H25FN2O3/c24-20-10-4-5-11-21(20)28-16-18-9-6-12-26(15-18)23(27)22-14-19(25-29-22)13-17-7-2-1-3-8-17/h1-5,7-8,10-11,18,22H,6,9,12-16H2/t18-,22+/m0/s1. The summed E-state index contributed by atoms with van der Waals surface area (Å²) in [5, 5.41) is 4.14. The number of benzene rings is 2. The number of ether oxygens (including phenoxy) is 1. The molecule has 0 N–H and O–H groups in total. The highest BCUT2D eigenvalue weighted by Gasteiger charge is 2.34. The number of halogens is 1. The van der Waals surface area contributed by atoms with Gasteiger partial charge in [-0.05, 0) is 30.5 Å². The van der Waals surface area contributed by atoms with Crippen molar-refractivity contribution in [2.24, 2.45) is 11.1 Å². The van der Waals surface area contributed by atoms with Gasteiger partial charge in [-0.1, -0.05) is 47.6 Å². The Morgan fingerprint density at radius 3 is 2.79 bits per heavy atom. The number of piperidine rings is 1. The zero-order chi connectivity index (χ0) is 20.1. The number of rotatable bonds is 6. The highest BCUT2D eigenvalue weighted by atomic mass is 19.1. The third-order valence-electron chi connectivity index (χ3n) is 5.40. The lowest BCUT2D eigenvalue weighted by Gasteiger charge is -2.33. The number of amides is 1. The van der Waals surface area contributed by atoms with Crippen molar-refractivity contribution in [1.82, 2.24) is 4.90 Å². The first-order valence-corrected chi connectivity index (χ1v) is 10.1. The minimum absolute atomic E-state index is 0.0209. The van der Waals surface area contributed by atoms with Gasteiger partial charge in [-0.3, -0.25) is 4.79 Å². The summed E-state index contributed by atoms with van der Waals surface area (Å²) in [4.78, 5) is 20.2. The van der Waals surface area contributed by atoms with Gasteiger partial charge in [-0.2, -0.15) is 0 Å². The molecule has 152 valence electrons. The minimum Gasteiger partial charge on any atom is -0.490 e. The Morgan fingerprint density at radius 1 is 1.17 bits per heavy atom. The molecule has 5 nitrogen and oxygen atoms in total. The van der Waals surface area contributed by atoms with E-state index in [1.807, 2.05) is 35.2 Å². The van der Waals surface area contributed by atoms with E-state index in [2.05, 4.69) is 5.16 Å². The fraction of sp³-hybridized carbons (Fsp3) is 0.391. The molecule has 0 bridgehead atoms.